The predicted octanol–water partition coefficient (Wildman–Crippen LogP) is 4.21. The molecule has 2 aromatic rings. The second-order valence-electron chi connectivity index (χ2n) is 3.65. The normalized spacial score (nSPS) is 10.1. The highest BCUT2D eigenvalue weighted by atomic mass is 79.9. The van der Waals surface area contributed by atoms with Gasteiger partial charge < -0.3 is 0 Å². The Labute approximate surface area is 104 Å². The Kier molecular flexibility index (Phi) is 3.20. The average molecular weight is 274 g/mol. The molecule has 0 fully saturated rings. The smallest absolute Gasteiger partial charge is 0.0702 e. The third kappa shape index (κ3) is 2.22. The quantitative estimate of drug-likeness (QED) is 0.799. The Morgan fingerprint density at radius 3 is 2.75 bits per heavy atom. The van der Waals surface area contributed by atoms with E-state index in [1.165, 1.54) is 5.56 Å². The fourth-order valence-electron chi connectivity index (χ4n) is 1.60. The van der Waals surface area contributed by atoms with E-state index < -0.39 is 0 Å². The Balaban J connectivity index is 2.46. The van der Waals surface area contributed by atoms with Gasteiger partial charge in [0.2, 0.25) is 0 Å². The molecule has 0 amide bonds. The van der Waals surface area contributed by atoms with Crippen LogP contribution in [0.2, 0.25) is 0 Å². The SMILES string of the molecule is C=C(c1ccccn1)c1cc(Br)ccc1C. The van der Waals surface area contributed by atoms with Gasteiger partial charge in [-0.2, -0.15) is 0 Å². The number of hydrogen-bond acceptors (Lipinski definition) is 1. The number of aryl methyl sites for hydroxylation is 1. The molecule has 1 nitrogen and oxygen atoms in total. The van der Waals surface area contributed by atoms with Crippen LogP contribution < -0.4 is 0 Å². The maximum absolute atomic E-state index is 4.31. The van der Waals surface area contributed by atoms with Gasteiger partial charge in [-0.1, -0.05) is 34.6 Å². The van der Waals surface area contributed by atoms with E-state index in [9.17, 15) is 0 Å². The Hall–Kier alpha value is -1.41. The predicted molar refractivity (Wildman–Crippen MR) is 71.3 cm³/mol. The van der Waals surface area contributed by atoms with E-state index in [4.69, 9.17) is 0 Å². The summed E-state index contributed by atoms with van der Waals surface area (Å²) in [5, 5.41) is 0. The summed E-state index contributed by atoms with van der Waals surface area (Å²) in [6, 6.07) is 12.0. The lowest BCUT2D eigenvalue weighted by atomic mass is 9.99. The molecule has 1 heterocycles. The van der Waals surface area contributed by atoms with Crippen LogP contribution >= 0.6 is 15.9 Å². The Bertz CT molecular complexity index is 518. The van der Waals surface area contributed by atoms with Crippen molar-refractivity contribution in [2.75, 3.05) is 0 Å². The summed E-state index contributed by atoms with van der Waals surface area (Å²) in [4.78, 5) is 4.31. The van der Waals surface area contributed by atoms with E-state index in [2.05, 4.69) is 46.5 Å². The molecule has 2 heteroatoms. The lowest BCUT2D eigenvalue weighted by Gasteiger charge is -2.09. The maximum Gasteiger partial charge on any atom is 0.0702 e. The van der Waals surface area contributed by atoms with Crippen molar-refractivity contribution in [2.24, 2.45) is 0 Å². The maximum atomic E-state index is 4.31. The highest BCUT2D eigenvalue weighted by molar-refractivity contribution is 9.10. The molecule has 16 heavy (non-hydrogen) atoms. The lowest BCUT2D eigenvalue weighted by molar-refractivity contribution is 1.27. The van der Waals surface area contributed by atoms with Gasteiger partial charge in [-0.25, -0.2) is 0 Å². The van der Waals surface area contributed by atoms with Crippen LogP contribution in [0.25, 0.3) is 5.57 Å². The molecule has 2 rings (SSSR count). The summed E-state index contributed by atoms with van der Waals surface area (Å²) in [7, 11) is 0. The summed E-state index contributed by atoms with van der Waals surface area (Å²) in [6.45, 7) is 6.19. The molecule has 1 aromatic heterocycles. The molecule has 0 aliphatic rings. The standard InChI is InChI=1S/C14H12BrN/c1-10-6-7-12(15)9-13(10)11(2)14-5-3-4-8-16-14/h3-9H,2H2,1H3. The number of hydrogen-bond donors (Lipinski definition) is 0. The van der Waals surface area contributed by atoms with Gasteiger partial charge in [-0.05, 0) is 42.3 Å². The topological polar surface area (TPSA) is 12.9 Å². The number of pyridine rings is 1. The van der Waals surface area contributed by atoms with Crippen LogP contribution in [-0.4, -0.2) is 4.98 Å². The fraction of sp³-hybridized carbons (Fsp3) is 0.0714. The molecule has 80 valence electrons. The van der Waals surface area contributed by atoms with Gasteiger partial charge in [0, 0.05) is 16.2 Å². The van der Waals surface area contributed by atoms with Crippen LogP contribution in [0, 0.1) is 6.92 Å². The molecule has 0 saturated carbocycles. The molecule has 1 aromatic carbocycles. The minimum absolute atomic E-state index is 0.920. The summed E-state index contributed by atoms with van der Waals surface area (Å²) in [5.74, 6) is 0. The summed E-state index contributed by atoms with van der Waals surface area (Å²) in [5.41, 5.74) is 4.22. The van der Waals surface area contributed by atoms with Crippen molar-refractivity contribution in [1.29, 1.82) is 0 Å². The molecule has 0 aliphatic heterocycles. The zero-order chi connectivity index (χ0) is 11.5. The van der Waals surface area contributed by atoms with Gasteiger partial charge in [0.05, 0.1) is 5.69 Å². The number of nitrogens with zero attached hydrogens (tertiary/aromatic N) is 1. The van der Waals surface area contributed by atoms with E-state index in [0.29, 0.717) is 0 Å². The molecule has 0 saturated heterocycles. The van der Waals surface area contributed by atoms with Crippen LogP contribution in [0.5, 0.6) is 0 Å². The molecule has 0 radical (unpaired) electrons. The first kappa shape index (κ1) is 11.1. The largest absolute Gasteiger partial charge is 0.256 e. The van der Waals surface area contributed by atoms with Crippen molar-refractivity contribution < 1.29 is 0 Å². The minimum atomic E-state index is 0.920. The van der Waals surface area contributed by atoms with Crippen molar-refractivity contribution in [3.63, 3.8) is 0 Å². The summed E-state index contributed by atoms with van der Waals surface area (Å²) < 4.78 is 1.06. The van der Waals surface area contributed by atoms with Crippen molar-refractivity contribution in [3.8, 4) is 0 Å². The number of halogens is 1. The van der Waals surface area contributed by atoms with Gasteiger partial charge >= 0.3 is 0 Å². The molecular formula is C14H12BrN. The van der Waals surface area contributed by atoms with E-state index >= 15 is 0 Å². The first-order valence-corrected chi connectivity index (χ1v) is 5.84. The second kappa shape index (κ2) is 4.62. The average Bonchev–Trinajstić information content (AvgIpc) is 2.32. The highest BCUT2D eigenvalue weighted by Gasteiger charge is 2.06. The van der Waals surface area contributed by atoms with Crippen molar-refractivity contribution in [3.05, 3.63) is 70.5 Å². The lowest BCUT2D eigenvalue weighted by Crippen LogP contribution is -1.92. The van der Waals surface area contributed by atoms with Crippen molar-refractivity contribution in [1.82, 2.24) is 4.98 Å². The molecule has 0 aliphatic carbocycles. The third-order valence-corrected chi connectivity index (χ3v) is 2.99. The van der Waals surface area contributed by atoms with Gasteiger partial charge in [-0.15, -0.1) is 0 Å². The first-order valence-electron chi connectivity index (χ1n) is 5.05. The van der Waals surface area contributed by atoms with E-state index in [0.717, 1.165) is 21.3 Å². The van der Waals surface area contributed by atoms with Crippen molar-refractivity contribution in [2.45, 2.75) is 6.92 Å². The van der Waals surface area contributed by atoms with Crippen LogP contribution in [0.3, 0.4) is 0 Å². The summed E-state index contributed by atoms with van der Waals surface area (Å²) in [6.07, 6.45) is 1.79. The van der Waals surface area contributed by atoms with E-state index in [1.54, 1.807) is 6.20 Å². The number of rotatable bonds is 2. The second-order valence-corrected chi connectivity index (χ2v) is 4.57. The van der Waals surface area contributed by atoms with Gasteiger partial charge in [0.15, 0.2) is 0 Å². The molecule has 0 bridgehead atoms. The number of benzene rings is 1. The Morgan fingerprint density at radius 1 is 1.25 bits per heavy atom. The minimum Gasteiger partial charge on any atom is -0.256 e. The molecule has 0 N–H and O–H groups in total. The van der Waals surface area contributed by atoms with Crippen LogP contribution in [0.4, 0.5) is 0 Å². The highest BCUT2D eigenvalue weighted by Crippen LogP contribution is 2.25. The summed E-state index contributed by atoms with van der Waals surface area (Å²) >= 11 is 3.48. The van der Waals surface area contributed by atoms with Gasteiger partial charge in [0.25, 0.3) is 0 Å². The van der Waals surface area contributed by atoms with Gasteiger partial charge in [-0.3, -0.25) is 4.98 Å². The van der Waals surface area contributed by atoms with E-state index in [1.807, 2.05) is 24.3 Å². The van der Waals surface area contributed by atoms with Crippen LogP contribution in [-0.2, 0) is 0 Å². The van der Waals surface area contributed by atoms with Crippen LogP contribution in [0.15, 0.2) is 53.6 Å². The van der Waals surface area contributed by atoms with Crippen LogP contribution in [0.1, 0.15) is 16.8 Å². The van der Waals surface area contributed by atoms with Crippen molar-refractivity contribution >= 4 is 21.5 Å². The molecule has 0 unspecified atom stereocenters. The van der Waals surface area contributed by atoms with Gasteiger partial charge in [0.1, 0.15) is 0 Å². The molecule has 0 spiro atoms. The third-order valence-electron chi connectivity index (χ3n) is 2.50. The Morgan fingerprint density at radius 2 is 2.06 bits per heavy atom. The molecule has 0 atom stereocenters. The first-order chi connectivity index (χ1) is 7.68. The van der Waals surface area contributed by atoms with E-state index in [-0.39, 0.29) is 0 Å². The zero-order valence-corrected chi connectivity index (χ0v) is 10.7. The number of aromatic nitrogens is 1. The molecular weight excluding hydrogens is 262 g/mol. The monoisotopic (exact) mass is 273 g/mol. The fourth-order valence-corrected chi connectivity index (χ4v) is 1.96. The zero-order valence-electron chi connectivity index (χ0n) is 9.07.